The summed E-state index contributed by atoms with van der Waals surface area (Å²) in [5, 5.41) is 66.0. The van der Waals surface area contributed by atoms with Gasteiger partial charge in [0.05, 0.1) is 6.42 Å². The average Bonchev–Trinajstić information content (AvgIpc) is 3.83. The summed E-state index contributed by atoms with van der Waals surface area (Å²) in [5.74, 6) is -11.1. The molecule has 1 saturated heterocycles. The maximum Gasteiger partial charge on any atom is 0.305 e. The molecule has 74 heavy (non-hydrogen) atoms. The summed E-state index contributed by atoms with van der Waals surface area (Å²) < 4.78 is 0. The zero-order valence-corrected chi connectivity index (χ0v) is 40.3. The largest absolute Gasteiger partial charge is 0.508 e. The number of hydrogen-bond donors (Lipinski definition) is 12. The number of carbonyl (C=O) groups excluding carboxylic acids is 8. The average molecular weight is 1030 g/mol. The second-order valence-electron chi connectivity index (χ2n) is 17.5. The number of hydrogen-bond acceptors (Lipinski definition) is 14. The number of phenolic OH excluding ortho intramolecular Hbond substituents is 2. The molecule has 8 amide bonds. The van der Waals surface area contributed by atoms with Gasteiger partial charge in [-0.15, -0.1) is 12.3 Å². The maximum atomic E-state index is 14.3. The number of nitrogens with two attached hydrogens (primary N) is 1. The van der Waals surface area contributed by atoms with Gasteiger partial charge in [-0.25, -0.2) is 0 Å². The summed E-state index contributed by atoms with van der Waals surface area (Å²) in [7, 11) is 0. The lowest BCUT2D eigenvalue weighted by Crippen LogP contribution is -2.60. The molecule has 2 aromatic carbocycles. The minimum atomic E-state index is -2.00. The quantitative estimate of drug-likeness (QED) is 0.0208. The van der Waals surface area contributed by atoms with Gasteiger partial charge in [-0.05, 0) is 78.9 Å². The van der Waals surface area contributed by atoms with Crippen LogP contribution in [-0.2, 0) is 59.2 Å². The van der Waals surface area contributed by atoms with Crippen LogP contribution in [0.3, 0.4) is 0 Å². The maximum absolute atomic E-state index is 14.3. The zero-order chi connectivity index (χ0) is 55.2. The van der Waals surface area contributed by atoms with Crippen LogP contribution in [0.15, 0.2) is 53.6 Å². The van der Waals surface area contributed by atoms with E-state index in [1.165, 1.54) is 48.5 Å². The summed E-state index contributed by atoms with van der Waals surface area (Å²) in [6.45, 7) is 3.28. The Labute approximate surface area is 423 Å². The smallest absolute Gasteiger partial charge is 0.305 e. The van der Waals surface area contributed by atoms with Gasteiger partial charge in [-0.3, -0.25) is 52.7 Å². The van der Waals surface area contributed by atoms with Crippen LogP contribution in [0.2, 0.25) is 0 Å². The van der Waals surface area contributed by atoms with E-state index < -0.39 is 146 Å². The van der Waals surface area contributed by atoms with Crippen LogP contribution in [0.5, 0.6) is 11.5 Å². The Morgan fingerprint density at radius 3 is 1.74 bits per heavy atom. The number of aliphatic carboxylic acids is 3. The van der Waals surface area contributed by atoms with Crippen molar-refractivity contribution in [3.63, 3.8) is 0 Å². The molecule has 1 aliphatic heterocycles. The Morgan fingerprint density at radius 1 is 0.703 bits per heavy atom. The van der Waals surface area contributed by atoms with E-state index in [0.29, 0.717) is 5.56 Å². The summed E-state index contributed by atoms with van der Waals surface area (Å²) in [6.07, 6.45) is 1.22. The van der Waals surface area contributed by atoms with Gasteiger partial charge in [0.25, 0.3) is 0 Å². The standard InChI is InChI=1S/C47H59N11O16/c1-4-6-29(40(48)67)50-41(68)30(16-18-36(61)62)51-42(69)32(21-24(2)3)54-45(72)35-7-5-20-58(35)47(74)31(17-19-37(63)64)52-44(71)34(23-38(65)66)53-43(70)33(22-25-8-12-27(59)13-9-25)55-46(73)39(56-57-49)26-10-14-28(60)15-11-26/h1,8-15,24,29-35,39,59-60H,5-7,16-23H2,2-3H3,(H2,48,67)(H,50,68)(H,51,69)(H,52,71)(H,53,70)(H,54,72)(H,55,73)(H,61,62)(H,63,64)(H,65,66)/t29-,30-,31-,32-,33-,34-,35-,39-/m0/s1. The first-order valence-electron chi connectivity index (χ1n) is 23.1. The van der Waals surface area contributed by atoms with Crippen molar-refractivity contribution in [1.82, 2.24) is 36.8 Å². The number of azide groups is 1. The second kappa shape index (κ2) is 28.8. The Balaban J connectivity index is 1.90. The Kier molecular flexibility index (Phi) is 23.1. The number of benzene rings is 2. The minimum Gasteiger partial charge on any atom is -0.508 e. The van der Waals surface area contributed by atoms with Crippen molar-refractivity contribution in [3.8, 4) is 23.8 Å². The molecule has 0 bridgehead atoms. The first-order chi connectivity index (χ1) is 34.9. The SMILES string of the molecule is C#CC[C@H](NC(=O)[C@H](CCC(=O)O)NC(=O)[C@H](CC(C)C)NC(=O)[C@@H]1CCCN1C(=O)[C@H](CCC(=O)O)NC(=O)[C@H](CC(=O)O)NC(=O)[C@H](Cc1ccc(O)cc1)NC(=O)[C@@H](N=[N+]=[N-])c1ccc(O)cc1)C(N)=O. The number of primary amides is 1. The van der Waals surface area contributed by atoms with Gasteiger partial charge in [0.15, 0.2) is 0 Å². The molecule has 3 rings (SSSR count). The number of aromatic hydroxyl groups is 2. The number of carbonyl (C=O) groups is 11. The van der Waals surface area contributed by atoms with Crippen LogP contribution in [0.4, 0.5) is 0 Å². The third-order valence-corrected chi connectivity index (χ3v) is 11.3. The van der Waals surface area contributed by atoms with E-state index in [2.05, 4.69) is 47.8 Å². The molecule has 398 valence electrons. The number of rotatable bonds is 29. The van der Waals surface area contributed by atoms with E-state index in [9.17, 15) is 83.8 Å². The van der Waals surface area contributed by atoms with Gasteiger partial charge >= 0.3 is 17.9 Å². The molecular weight excluding hydrogens is 975 g/mol. The Bertz CT molecular complexity index is 2490. The van der Waals surface area contributed by atoms with Crippen LogP contribution in [0, 0.1) is 18.3 Å². The minimum absolute atomic E-state index is 0.000366. The molecule has 2 aromatic rings. The van der Waals surface area contributed by atoms with Crippen molar-refractivity contribution in [2.45, 2.75) is 126 Å². The van der Waals surface area contributed by atoms with Crippen molar-refractivity contribution in [2.75, 3.05) is 6.54 Å². The van der Waals surface area contributed by atoms with Crippen LogP contribution in [0.25, 0.3) is 10.4 Å². The highest BCUT2D eigenvalue weighted by molar-refractivity contribution is 5.99. The predicted octanol–water partition coefficient (Wildman–Crippen LogP) is -0.649. The fourth-order valence-electron chi connectivity index (χ4n) is 7.66. The van der Waals surface area contributed by atoms with Gasteiger partial charge in [-0.1, -0.05) is 43.2 Å². The van der Waals surface area contributed by atoms with E-state index in [-0.39, 0.29) is 61.6 Å². The van der Waals surface area contributed by atoms with Crippen molar-refractivity contribution in [1.29, 1.82) is 0 Å². The lowest BCUT2D eigenvalue weighted by atomic mass is 10.0. The number of nitrogens with zero attached hydrogens (tertiary/aromatic N) is 4. The van der Waals surface area contributed by atoms with Crippen LogP contribution < -0.4 is 37.6 Å². The molecule has 0 radical (unpaired) electrons. The molecule has 1 aliphatic rings. The third kappa shape index (κ3) is 19.0. The van der Waals surface area contributed by atoms with Gasteiger partial charge in [0.1, 0.15) is 59.8 Å². The monoisotopic (exact) mass is 1030 g/mol. The summed E-state index contributed by atoms with van der Waals surface area (Å²) in [5.41, 5.74) is 15.0. The zero-order valence-electron chi connectivity index (χ0n) is 40.3. The number of likely N-dealkylation sites (tertiary alicyclic amines) is 1. The van der Waals surface area contributed by atoms with Crippen molar-refractivity contribution < 1.29 is 78.3 Å². The van der Waals surface area contributed by atoms with Crippen molar-refractivity contribution in [3.05, 3.63) is 70.1 Å². The van der Waals surface area contributed by atoms with E-state index in [4.69, 9.17) is 12.2 Å². The van der Waals surface area contributed by atoms with Crippen molar-refractivity contribution in [2.24, 2.45) is 16.8 Å². The van der Waals surface area contributed by atoms with Crippen LogP contribution in [0.1, 0.15) is 88.8 Å². The number of nitrogens with one attached hydrogen (secondary N) is 6. The topological polar surface area (TPSA) is 439 Å². The van der Waals surface area contributed by atoms with Crippen LogP contribution in [-0.4, -0.2) is 144 Å². The summed E-state index contributed by atoms with van der Waals surface area (Å²) in [6, 6.07) is -2.35. The molecule has 1 fully saturated rings. The molecule has 27 heteroatoms. The molecule has 0 spiro atoms. The van der Waals surface area contributed by atoms with E-state index >= 15 is 0 Å². The molecule has 0 aromatic heterocycles. The van der Waals surface area contributed by atoms with Gasteiger partial charge < -0.3 is 68.1 Å². The predicted molar refractivity (Wildman–Crippen MR) is 256 cm³/mol. The van der Waals surface area contributed by atoms with Gasteiger partial charge in [0, 0.05) is 37.1 Å². The fourth-order valence-corrected chi connectivity index (χ4v) is 7.66. The molecule has 8 atom stereocenters. The lowest BCUT2D eigenvalue weighted by molar-refractivity contribution is -0.144. The van der Waals surface area contributed by atoms with Gasteiger partial charge in [0.2, 0.25) is 47.3 Å². The normalized spacial score (nSPS) is 15.6. The van der Waals surface area contributed by atoms with E-state index in [0.717, 1.165) is 4.90 Å². The molecule has 13 N–H and O–H groups in total. The molecule has 0 unspecified atom stereocenters. The number of terminal acetylenes is 1. The highest BCUT2D eigenvalue weighted by Crippen LogP contribution is 2.23. The molecule has 1 heterocycles. The van der Waals surface area contributed by atoms with Crippen molar-refractivity contribution >= 4 is 65.2 Å². The first kappa shape index (κ1) is 59.4. The third-order valence-electron chi connectivity index (χ3n) is 11.3. The van der Waals surface area contributed by atoms with Gasteiger partial charge in [-0.2, -0.15) is 0 Å². The molecule has 0 saturated carbocycles. The summed E-state index contributed by atoms with van der Waals surface area (Å²) >= 11 is 0. The lowest BCUT2D eigenvalue weighted by Gasteiger charge is -2.31. The first-order valence-corrected chi connectivity index (χ1v) is 23.1. The molecule has 27 nitrogen and oxygen atoms in total. The number of carboxylic acid groups (broad SMARTS) is 3. The van der Waals surface area contributed by atoms with Crippen LogP contribution >= 0.6 is 0 Å². The van der Waals surface area contributed by atoms with E-state index in [1.54, 1.807) is 13.8 Å². The fraction of sp³-hybridized carbons (Fsp3) is 0.468. The number of phenols is 2. The second-order valence-corrected chi connectivity index (χ2v) is 17.5. The van der Waals surface area contributed by atoms with E-state index in [1.807, 2.05) is 0 Å². The molecule has 0 aliphatic carbocycles. The Hall–Kier alpha value is -8.92. The Morgan fingerprint density at radius 2 is 1.20 bits per heavy atom. The summed E-state index contributed by atoms with van der Waals surface area (Å²) in [4.78, 5) is 148. The highest BCUT2D eigenvalue weighted by atomic mass is 16.4. The number of amides is 8. The number of carboxylic acids is 3. The highest BCUT2D eigenvalue weighted by Gasteiger charge is 2.41. The molecular formula is C47H59N11O16.